The normalized spacial score (nSPS) is 17.4. The monoisotopic (exact) mass is 427 g/mol. The molecule has 1 N–H and O–H groups in total. The lowest BCUT2D eigenvalue weighted by atomic mass is 10.1. The largest absolute Gasteiger partial charge is 0.497 e. The van der Waals surface area contributed by atoms with Crippen molar-refractivity contribution in [3.63, 3.8) is 0 Å². The molecule has 1 saturated heterocycles. The topological polar surface area (TPSA) is 81.5 Å². The first-order chi connectivity index (χ1) is 14.6. The molecule has 1 aliphatic heterocycles. The Morgan fingerprint density at radius 1 is 1.13 bits per heavy atom. The minimum absolute atomic E-state index is 0.0733. The van der Waals surface area contributed by atoms with Crippen LogP contribution in [0.3, 0.4) is 0 Å². The molecule has 0 spiro atoms. The van der Waals surface area contributed by atoms with Crippen LogP contribution in [0.15, 0.2) is 52.7 Å². The molecule has 0 saturated carbocycles. The van der Waals surface area contributed by atoms with Crippen molar-refractivity contribution in [3.05, 3.63) is 53.6 Å². The quantitative estimate of drug-likeness (QED) is 0.488. The van der Waals surface area contributed by atoms with Crippen molar-refractivity contribution in [1.29, 1.82) is 0 Å². The Balaban J connectivity index is 1.62. The predicted octanol–water partition coefficient (Wildman–Crippen LogP) is 3.66. The molecule has 1 unspecified atom stereocenters. The van der Waals surface area contributed by atoms with E-state index < -0.39 is 0 Å². The Morgan fingerprint density at radius 3 is 2.77 bits per heavy atom. The summed E-state index contributed by atoms with van der Waals surface area (Å²) in [6.07, 6.45) is 3.13. The maximum absolute atomic E-state index is 12.3. The lowest BCUT2D eigenvalue weighted by Crippen LogP contribution is -2.25. The van der Waals surface area contributed by atoms with Gasteiger partial charge < -0.3 is 19.5 Å². The second-order valence-corrected chi connectivity index (χ2v) is 7.75. The number of thioether (sulfide) groups is 1. The Labute approximate surface area is 180 Å². The summed E-state index contributed by atoms with van der Waals surface area (Å²) in [4.78, 5) is 12.3. The van der Waals surface area contributed by atoms with Gasteiger partial charge in [0, 0.05) is 0 Å². The Morgan fingerprint density at radius 2 is 2.00 bits per heavy atom. The van der Waals surface area contributed by atoms with E-state index in [-0.39, 0.29) is 11.2 Å². The van der Waals surface area contributed by atoms with Crippen LogP contribution in [0, 0.1) is 0 Å². The number of carbonyl (C=O) groups excluding carboxylic acids is 1. The average molecular weight is 428 g/mol. The number of amides is 1. The fourth-order valence-corrected chi connectivity index (χ4v) is 3.81. The maximum Gasteiger partial charge on any atom is 0.239 e. The van der Waals surface area contributed by atoms with Crippen LogP contribution in [-0.2, 0) is 11.2 Å². The molecule has 2 aromatic carbocycles. The highest BCUT2D eigenvalue weighted by Crippen LogP contribution is 2.28. The summed E-state index contributed by atoms with van der Waals surface area (Å²) in [6.45, 7) is 2.68. The van der Waals surface area contributed by atoms with Crippen LogP contribution in [0.4, 0.5) is 0 Å². The second kappa shape index (κ2) is 10.7. The van der Waals surface area contributed by atoms with Crippen LogP contribution in [-0.4, -0.2) is 43.4 Å². The van der Waals surface area contributed by atoms with E-state index in [1.807, 2.05) is 49.4 Å². The molecule has 1 heterocycles. The molecular weight excluding hydrogens is 402 g/mol. The molecule has 2 aromatic rings. The van der Waals surface area contributed by atoms with Gasteiger partial charge in [-0.25, -0.2) is 0 Å². The van der Waals surface area contributed by atoms with Gasteiger partial charge in [0.05, 0.1) is 32.3 Å². The zero-order valence-corrected chi connectivity index (χ0v) is 18.1. The van der Waals surface area contributed by atoms with Gasteiger partial charge in [0.25, 0.3) is 0 Å². The van der Waals surface area contributed by atoms with Crippen LogP contribution in [0.5, 0.6) is 17.2 Å². The molecule has 3 rings (SSSR count). The summed E-state index contributed by atoms with van der Waals surface area (Å²) in [6, 6.07) is 13.3. The Bertz CT molecular complexity index is 946. The van der Waals surface area contributed by atoms with Gasteiger partial charge in [-0.1, -0.05) is 30.8 Å². The lowest BCUT2D eigenvalue weighted by molar-refractivity contribution is -0.118. The van der Waals surface area contributed by atoms with Crippen LogP contribution in [0.1, 0.15) is 24.5 Å². The van der Waals surface area contributed by atoms with Gasteiger partial charge in [0.2, 0.25) is 5.91 Å². The highest BCUT2D eigenvalue weighted by Gasteiger charge is 2.30. The molecule has 158 valence electrons. The van der Waals surface area contributed by atoms with Crippen molar-refractivity contribution in [3.8, 4) is 17.2 Å². The summed E-state index contributed by atoms with van der Waals surface area (Å²) in [5.41, 5.74) is 1.85. The lowest BCUT2D eigenvalue weighted by Gasteiger charge is -2.10. The second-order valence-electron chi connectivity index (χ2n) is 6.56. The number of benzene rings is 2. The standard InChI is InChI=1S/C22H25N3O4S/c1-4-10-29-18-9-8-16(12-19(18)28-3)14-23-25-22-24-21(26)20(30-22)13-15-6-5-7-17(11-15)27-2/h5-9,11-12,14,20H,4,10,13H2,1-3H3,(H,24,25,26). The summed E-state index contributed by atoms with van der Waals surface area (Å²) < 4.78 is 16.3. The summed E-state index contributed by atoms with van der Waals surface area (Å²) in [5, 5.41) is 11.3. The SMILES string of the molecule is CCCOc1ccc(C=N/N=C2\NC(=O)C(Cc3cccc(OC)c3)S2)cc1OC. The van der Waals surface area contributed by atoms with Crippen LogP contribution >= 0.6 is 11.8 Å². The third-order valence-electron chi connectivity index (χ3n) is 4.34. The molecule has 1 atom stereocenters. The van der Waals surface area contributed by atoms with E-state index in [2.05, 4.69) is 15.5 Å². The minimum atomic E-state index is -0.249. The first-order valence-corrected chi connectivity index (χ1v) is 10.5. The van der Waals surface area contributed by atoms with Crippen molar-refractivity contribution in [2.45, 2.75) is 25.0 Å². The van der Waals surface area contributed by atoms with Gasteiger partial charge in [0.1, 0.15) is 5.75 Å². The predicted molar refractivity (Wildman–Crippen MR) is 120 cm³/mol. The summed E-state index contributed by atoms with van der Waals surface area (Å²) in [5.74, 6) is 2.04. The fourth-order valence-electron chi connectivity index (χ4n) is 2.84. The molecule has 1 amide bonds. The van der Waals surface area contributed by atoms with Crippen LogP contribution in [0.25, 0.3) is 0 Å². The molecule has 1 aliphatic rings. The zero-order chi connectivity index (χ0) is 21.3. The van der Waals surface area contributed by atoms with Gasteiger partial charge >= 0.3 is 0 Å². The first kappa shape index (κ1) is 21.7. The molecule has 7 nitrogen and oxygen atoms in total. The van der Waals surface area contributed by atoms with Gasteiger partial charge in [0.15, 0.2) is 16.7 Å². The molecule has 0 bridgehead atoms. The van der Waals surface area contributed by atoms with Crippen molar-refractivity contribution in [2.24, 2.45) is 10.2 Å². The van der Waals surface area contributed by atoms with E-state index in [4.69, 9.17) is 14.2 Å². The van der Waals surface area contributed by atoms with Crippen molar-refractivity contribution < 1.29 is 19.0 Å². The van der Waals surface area contributed by atoms with E-state index in [1.165, 1.54) is 11.8 Å². The smallest absolute Gasteiger partial charge is 0.239 e. The molecule has 1 fully saturated rings. The summed E-state index contributed by atoms with van der Waals surface area (Å²) >= 11 is 1.37. The fraction of sp³-hybridized carbons (Fsp3) is 0.318. The highest BCUT2D eigenvalue weighted by atomic mass is 32.2. The molecule has 30 heavy (non-hydrogen) atoms. The van der Waals surface area contributed by atoms with Gasteiger partial charge in [-0.05, 0) is 54.3 Å². The van der Waals surface area contributed by atoms with E-state index >= 15 is 0 Å². The number of carbonyl (C=O) groups is 1. The number of ether oxygens (including phenoxy) is 3. The van der Waals surface area contributed by atoms with Gasteiger partial charge in [-0.2, -0.15) is 5.10 Å². The van der Waals surface area contributed by atoms with Crippen molar-refractivity contribution in [2.75, 3.05) is 20.8 Å². The van der Waals surface area contributed by atoms with Gasteiger partial charge in [-0.15, -0.1) is 5.10 Å². The van der Waals surface area contributed by atoms with Crippen LogP contribution < -0.4 is 19.5 Å². The average Bonchev–Trinajstić information content (AvgIpc) is 3.11. The Kier molecular flexibility index (Phi) is 7.73. The van der Waals surface area contributed by atoms with E-state index in [0.29, 0.717) is 29.7 Å². The summed E-state index contributed by atoms with van der Waals surface area (Å²) in [7, 11) is 3.22. The Hall–Kier alpha value is -3.00. The molecule has 0 aliphatic carbocycles. The molecule has 0 aromatic heterocycles. The number of amidine groups is 1. The number of nitrogens with zero attached hydrogens (tertiary/aromatic N) is 2. The van der Waals surface area contributed by atoms with E-state index in [1.54, 1.807) is 20.4 Å². The first-order valence-electron chi connectivity index (χ1n) is 9.65. The van der Waals surface area contributed by atoms with Crippen LogP contribution in [0.2, 0.25) is 0 Å². The maximum atomic E-state index is 12.3. The van der Waals surface area contributed by atoms with E-state index in [9.17, 15) is 4.79 Å². The molecular formula is C22H25N3O4S. The minimum Gasteiger partial charge on any atom is -0.497 e. The molecule has 8 heteroatoms. The zero-order valence-electron chi connectivity index (χ0n) is 17.3. The van der Waals surface area contributed by atoms with Crippen molar-refractivity contribution in [1.82, 2.24) is 5.32 Å². The number of nitrogens with one attached hydrogen (secondary N) is 1. The number of hydrogen-bond donors (Lipinski definition) is 1. The highest BCUT2D eigenvalue weighted by molar-refractivity contribution is 8.15. The molecule has 0 radical (unpaired) electrons. The van der Waals surface area contributed by atoms with Crippen molar-refractivity contribution >= 4 is 29.1 Å². The van der Waals surface area contributed by atoms with Gasteiger partial charge in [-0.3, -0.25) is 4.79 Å². The number of rotatable bonds is 9. The third kappa shape index (κ3) is 5.76. The van der Waals surface area contributed by atoms with E-state index in [0.717, 1.165) is 23.3 Å². The number of hydrogen-bond acceptors (Lipinski definition) is 7. The third-order valence-corrected chi connectivity index (χ3v) is 5.41. The number of methoxy groups -OCH3 is 2.